The highest BCUT2D eigenvalue weighted by Gasteiger charge is 2.59. The largest absolute Gasteiger partial charge is 0.325 e. The molecule has 172 valence electrons. The van der Waals surface area contributed by atoms with Crippen LogP contribution in [0.15, 0.2) is 52.9 Å². The van der Waals surface area contributed by atoms with Crippen molar-refractivity contribution < 1.29 is 14.4 Å². The highest BCUT2D eigenvalue weighted by Crippen LogP contribution is 2.53. The molecule has 3 aromatic rings. The average molecular weight is 490 g/mol. The van der Waals surface area contributed by atoms with Crippen LogP contribution in [0.1, 0.15) is 17.5 Å². The number of carbonyl (C=O) groups excluding carboxylic acids is 3. The number of hydrogen-bond acceptors (Lipinski definition) is 6. The van der Waals surface area contributed by atoms with Crippen molar-refractivity contribution in [1.82, 2.24) is 4.98 Å². The van der Waals surface area contributed by atoms with Gasteiger partial charge in [0.15, 0.2) is 4.34 Å². The number of imide groups is 1. The lowest BCUT2D eigenvalue weighted by molar-refractivity contribution is -0.123. The van der Waals surface area contributed by atoms with Crippen LogP contribution < -0.4 is 10.2 Å². The highest BCUT2D eigenvalue weighted by atomic mass is 32.2. The summed E-state index contributed by atoms with van der Waals surface area (Å²) in [7, 11) is 0. The molecule has 1 saturated carbocycles. The number of amides is 3. The number of nitrogens with one attached hydrogen (secondary N) is 1. The van der Waals surface area contributed by atoms with Crippen LogP contribution in [0, 0.1) is 37.5 Å². The van der Waals surface area contributed by atoms with Gasteiger partial charge in [-0.15, -0.1) is 11.3 Å². The molecule has 1 saturated heterocycles. The second-order valence-corrected chi connectivity index (χ2v) is 11.5. The number of rotatable bonds is 5. The lowest BCUT2D eigenvalue weighted by Gasteiger charge is -2.17. The van der Waals surface area contributed by atoms with E-state index in [0.29, 0.717) is 5.69 Å². The zero-order valence-corrected chi connectivity index (χ0v) is 20.4. The Hall–Kier alpha value is -2.97. The molecule has 3 amide bonds. The number of aromatic nitrogens is 1. The molecule has 1 aromatic heterocycles. The number of thioether (sulfide) groups is 1. The SMILES string of the molecule is Cc1ccc(NC(=O)CSc2nc3ccc(N4C(=O)[C@H]5[C@H](C4=O)[C@H]4C=C[C@H]5C4)cc3s2)cc1C. The van der Waals surface area contributed by atoms with Gasteiger partial charge in [0.2, 0.25) is 17.7 Å². The van der Waals surface area contributed by atoms with Crippen LogP contribution in [-0.4, -0.2) is 28.5 Å². The van der Waals surface area contributed by atoms with Gasteiger partial charge in [-0.3, -0.25) is 14.4 Å². The van der Waals surface area contributed by atoms with Gasteiger partial charge in [-0.05, 0) is 73.6 Å². The summed E-state index contributed by atoms with van der Waals surface area (Å²) in [5, 5.41) is 2.93. The van der Waals surface area contributed by atoms with Gasteiger partial charge in [-0.1, -0.05) is 30.0 Å². The van der Waals surface area contributed by atoms with Crippen LogP contribution in [0.25, 0.3) is 10.2 Å². The van der Waals surface area contributed by atoms with E-state index >= 15 is 0 Å². The summed E-state index contributed by atoms with van der Waals surface area (Å²) >= 11 is 2.85. The first-order chi connectivity index (χ1) is 16.4. The molecule has 6 nitrogen and oxygen atoms in total. The van der Waals surface area contributed by atoms with Crippen molar-refractivity contribution in [3.05, 3.63) is 59.7 Å². The van der Waals surface area contributed by atoms with Crippen LogP contribution in [0.5, 0.6) is 0 Å². The molecule has 4 atom stereocenters. The fourth-order valence-electron chi connectivity index (χ4n) is 5.39. The molecule has 1 N–H and O–H groups in total. The van der Waals surface area contributed by atoms with Crippen molar-refractivity contribution in [3.63, 3.8) is 0 Å². The van der Waals surface area contributed by atoms with Gasteiger partial charge < -0.3 is 5.32 Å². The maximum atomic E-state index is 13.1. The molecule has 2 bridgehead atoms. The molecule has 3 aliphatic rings. The summed E-state index contributed by atoms with van der Waals surface area (Å²) in [5.74, 6) is -0.00816. The third-order valence-electron chi connectivity index (χ3n) is 7.20. The fraction of sp³-hybridized carbons (Fsp3) is 0.308. The van der Waals surface area contributed by atoms with Gasteiger partial charge in [0, 0.05) is 5.69 Å². The van der Waals surface area contributed by atoms with Crippen LogP contribution in [-0.2, 0) is 14.4 Å². The summed E-state index contributed by atoms with van der Waals surface area (Å²) in [6.07, 6.45) is 5.13. The van der Waals surface area contributed by atoms with E-state index in [4.69, 9.17) is 0 Å². The van der Waals surface area contributed by atoms with Crippen LogP contribution in [0.2, 0.25) is 0 Å². The minimum atomic E-state index is -0.207. The number of anilines is 2. The number of nitrogens with zero attached hydrogens (tertiary/aromatic N) is 2. The first-order valence-corrected chi connectivity index (χ1v) is 13.2. The van der Waals surface area contributed by atoms with Gasteiger partial charge in [-0.2, -0.15) is 0 Å². The number of allylic oxidation sites excluding steroid dienone is 2. The summed E-state index contributed by atoms with van der Waals surface area (Å²) < 4.78 is 1.67. The molecule has 6 rings (SSSR count). The highest BCUT2D eigenvalue weighted by molar-refractivity contribution is 8.01. The maximum Gasteiger partial charge on any atom is 0.238 e. The summed E-state index contributed by atoms with van der Waals surface area (Å²) in [6, 6.07) is 11.4. The second kappa shape index (κ2) is 8.06. The van der Waals surface area contributed by atoms with Crippen molar-refractivity contribution >= 4 is 62.4 Å². The van der Waals surface area contributed by atoms with Gasteiger partial charge in [-0.25, -0.2) is 9.88 Å². The minimum absolute atomic E-state index is 0.0756. The summed E-state index contributed by atoms with van der Waals surface area (Å²) in [6.45, 7) is 4.06. The number of thiazole rings is 1. The molecular formula is C26H23N3O3S2. The Morgan fingerprint density at radius 2 is 1.79 bits per heavy atom. The van der Waals surface area contributed by atoms with Crippen molar-refractivity contribution in [2.75, 3.05) is 16.0 Å². The van der Waals surface area contributed by atoms with E-state index in [-0.39, 0.29) is 47.1 Å². The zero-order chi connectivity index (χ0) is 23.6. The first kappa shape index (κ1) is 21.6. The molecule has 2 heterocycles. The lowest BCUT2D eigenvalue weighted by Crippen LogP contribution is -2.32. The number of fused-ring (bicyclic) bond motifs is 6. The Bertz CT molecular complexity index is 1370. The Labute approximate surface area is 205 Å². The Kier molecular flexibility index (Phi) is 5.11. The molecular weight excluding hydrogens is 466 g/mol. The molecule has 2 aromatic carbocycles. The minimum Gasteiger partial charge on any atom is -0.325 e. The predicted molar refractivity (Wildman–Crippen MR) is 135 cm³/mol. The number of carbonyl (C=O) groups is 3. The van der Waals surface area contributed by atoms with Crippen molar-refractivity contribution in [3.8, 4) is 0 Å². The smallest absolute Gasteiger partial charge is 0.238 e. The van der Waals surface area contributed by atoms with E-state index in [2.05, 4.69) is 22.5 Å². The molecule has 0 unspecified atom stereocenters. The van der Waals surface area contributed by atoms with Crippen molar-refractivity contribution in [1.29, 1.82) is 0 Å². The fourth-order valence-corrected chi connectivity index (χ4v) is 7.29. The van der Waals surface area contributed by atoms with Gasteiger partial charge in [0.05, 0.1) is 33.5 Å². The van der Waals surface area contributed by atoms with Crippen LogP contribution in [0.3, 0.4) is 0 Å². The number of benzene rings is 2. The predicted octanol–water partition coefficient (Wildman–Crippen LogP) is 4.96. The normalized spacial score (nSPS) is 24.9. The molecule has 1 aliphatic heterocycles. The monoisotopic (exact) mass is 489 g/mol. The second-order valence-electron chi connectivity index (χ2n) is 9.28. The van der Waals surface area contributed by atoms with E-state index in [1.807, 2.05) is 44.2 Å². The Morgan fingerprint density at radius 1 is 1.06 bits per heavy atom. The molecule has 8 heteroatoms. The van der Waals surface area contributed by atoms with E-state index in [0.717, 1.165) is 32.2 Å². The molecule has 34 heavy (non-hydrogen) atoms. The zero-order valence-electron chi connectivity index (χ0n) is 18.8. The maximum absolute atomic E-state index is 13.1. The van der Waals surface area contributed by atoms with Crippen molar-refractivity contribution in [2.24, 2.45) is 23.7 Å². The van der Waals surface area contributed by atoms with Crippen molar-refractivity contribution in [2.45, 2.75) is 24.6 Å². The first-order valence-electron chi connectivity index (χ1n) is 11.4. The molecule has 0 spiro atoms. The quantitative estimate of drug-likeness (QED) is 0.311. The Balaban J connectivity index is 1.15. The van der Waals surface area contributed by atoms with E-state index in [9.17, 15) is 14.4 Å². The lowest BCUT2D eigenvalue weighted by atomic mass is 9.85. The van der Waals surface area contributed by atoms with Gasteiger partial charge in [0.25, 0.3) is 0 Å². The van der Waals surface area contributed by atoms with Gasteiger partial charge >= 0.3 is 0 Å². The Morgan fingerprint density at radius 3 is 2.50 bits per heavy atom. The standard InChI is InChI=1S/C26H23N3O3S2/c1-13-3-6-17(9-14(13)2)27-21(30)12-33-26-28-19-8-7-18(11-20(19)34-26)29-24(31)22-15-4-5-16(10-15)23(22)25(29)32/h3-9,11,15-16,22-23H,10,12H2,1-2H3,(H,27,30)/t15-,16-,22+,23+/m0/s1. The van der Waals surface area contributed by atoms with E-state index in [1.165, 1.54) is 33.6 Å². The van der Waals surface area contributed by atoms with E-state index < -0.39 is 0 Å². The topological polar surface area (TPSA) is 79.4 Å². The van der Waals surface area contributed by atoms with E-state index in [1.54, 1.807) is 6.07 Å². The summed E-state index contributed by atoms with van der Waals surface area (Å²) in [4.78, 5) is 44.6. The number of hydrogen-bond donors (Lipinski definition) is 1. The third kappa shape index (κ3) is 3.47. The van der Waals surface area contributed by atoms with Crippen LogP contribution in [0.4, 0.5) is 11.4 Å². The van der Waals surface area contributed by atoms with Crippen LogP contribution >= 0.6 is 23.1 Å². The number of aryl methyl sites for hydroxylation is 2. The average Bonchev–Trinajstić information content (AvgIpc) is 3.57. The molecule has 2 aliphatic carbocycles. The molecule has 0 radical (unpaired) electrons. The third-order valence-corrected chi connectivity index (χ3v) is 9.36. The van der Waals surface area contributed by atoms with Gasteiger partial charge in [0.1, 0.15) is 0 Å². The molecule has 2 fully saturated rings. The summed E-state index contributed by atoms with van der Waals surface area (Å²) in [5.41, 5.74) is 4.52.